The molecule has 2 nitrogen and oxygen atoms in total. The molecular formula is C15H9FO2S. The Balaban J connectivity index is 2.20. The van der Waals surface area contributed by atoms with E-state index >= 15 is 0 Å². The molecule has 0 spiro atoms. The van der Waals surface area contributed by atoms with Gasteiger partial charge >= 0.3 is 5.97 Å². The van der Waals surface area contributed by atoms with Gasteiger partial charge in [0.15, 0.2) is 0 Å². The topological polar surface area (TPSA) is 37.3 Å². The van der Waals surface area contributed by atoms with Crippen molar-refractivity contribution in [3.05, 3.63) is 59.9 Å². The van der Waals surface area contributed by atoms with Crippen molar-refractivity contribution >= 4 is 27.4 Å². The maximum absolute atomic E-state index is 13.9. The number of hydrogen-bond acceptors (Lipinski definition) is 2. The number of carboxylic acid groups (broad SMARTS) is 1. The van der Waals surface area contributed by atoms with Gasteiger partial charge in [0.1, 0.15) is 5.82 Å². The highest BCUT2D eigenvalue weighted by Crippen LogP contribution is 2.35. The van der Waals surface area contributed by atoms with Crippen molar-refractivity contribution in [2.24, 2.45) is 0 Å². The highest BCUT2D eigenvalue weighted by Gasteiger charge is 2.12. The zero-order valence-corrected chi connectivity index (χ0v) is 10.6. The van der Waals surface area contributed by atoms with Crippen molar-refractivity contribution in [1.82, 2.24) is 0 Å². The van der Waals surface area contributed by atoms with E-state index in [1.807, 2.05) is 30.3 Å². The maximum Gasteiger partial charge on any atom is 0.335 e. The summed E-state index contributed by atoms with van der Waals surface area (Å²) in [4.78, 5) is 11.7. The second kappa shape index (κ2) is 4.48. The summed E-state index contributed by atoms with van der Waals surface area (Å²) < 4.78 is 14.9. The van der Waals surface area contributed by atoms with Crippen molar-refractivity contribution < 1.29 is 14.3 Å². The van der Waals surface area contributed by atoms with Crippen LogP contribution in [0.2, 0.25) is 0 Å². The largest absolute Gasteiger partial charge is 0.478 e. The smallest absolute Gasteiger partial charge is 0.335 e. The maximum atomic E-state index is 13.9. The van der Waals surface area contributed by atoms with E-state index in [0.717, 1.165) is 15.0 Å². The highest BCUT2D eigenvalue weighted by molar-refractivity contribution is 7.22. The molecule has 4 heteroatoms. The molecule has 3 rings (SSSR count). The Morgan fingerprint density at radius 3 is 2.63 bits per heavy atom. The molecule has 0 radical (unpaired) electrons. The predicted octanol–water partition coefficient (Wildman–Crippen LogP) is 4.41. The summed E-state index contributed by atoms with van der Waals surface area (Å²) in [6, 6.07) is 13.5. The number of rotatable bonds is 2. The average molecular weight is 272 g/mol. The molecule has 0 bridgehead atoms. The Morgan fingerprint density at radius 1 is 1.11 bits per heavy atom. The number of fused-ring (bicyclic) bond motifs is 1. The molecule has 0 amide bonds. The lowest BCUT2D eigenvalue weighted by atomic mass is 10.1. The van der Waals surface area contributed by atoms with Gasteiger partial charge in [0.2, 0.25) is 0 Å². The van der Waals surface area contributed by atoms with E-state index in [4.69, 9.17) is 5.11 Å². The van der Waals surface area contributed by atoms with Crippen LogP contribution in [0.5, 0.6) is 0 Å². The van der Waals surface area contributed by atoms with Crippen LogP contribution in [0, 0.1) is 5.82 Å². The SMILES string of the molecule is O=C(O)c1ccc(F)c(-c2cc3ccccc3s2)c1. The third kappa shape index (κ3) is 2.11. The lowest BCUT2D eigenvalue weighted by Crippen LogP contribution is -1.97. The van der Waals surface area contributed by atoms with E-state index in [2.05, 4.69) is 0 Å². The van der Waals surface area contributed by atoms with E-state index in [0.29, 0.717) is 5.56 Å². The standard InChI is InChI=1S/C15H9FO2S/c16-12-6-5-10(15(17)18)7-11(12)14-8-9-3-1-2-4-13(9)19-14/h1-8H,(H,17,18). The zero-order valence-electron chi connectivity index (χ0n) is 9.76. The fourth-order valence-electron chi connectivity index (χ4n) is 1.96. The first kappa shape index (κ1) is 11.9. The van der Waals surface area contributed by atoms with Crippen molar-refractivity contribution in [2.45, 2.75) is 0 Å². The van der Waals surface area contributed by atoms with E-state index < -0.39 is 11.8 Å². The molecule has 3 aromatic rings. The second-order valence-electron chi connectivity index (χ2n) is 4.15. The van der Waals surface area contributed by atoms with E-state index in [1.54, 1.807) is 0 Å². The molecule has 0 aliphatic carbocycles. The van der Waals surface area contributed by atoms with Crippen LogP contribution in [0.3, 0.4) is 0 Å². The first-order valence-electron chi connectivity index (χ1n) is 5.67. The van der Waals surface area contributed by atoms with Crippen LogP contribution in [0.4, 0.5) is 4.39 Å². The minimum absolute atomic E-state index is 0.0915. The van der Waals surface area contributed by atoms with E-state index in [9.17, 15) is 9.18 Å². The van der Waals surface area contributed by atoms with Crippen LogP contribution >= 0.6 is 11.3 Å². The van der Waals surface area contributed by atoms with E-state index in [1.165, 1.54) is 29.5 Å². The fraction of sp³-hybridized carbons (Fsp3) is 0. The molecule has 0 aliphatic rings. The van der Waals surface area contributed by atoms with Gasteiger partial charge in [-0.2, -0.15) is 0 Å². The van der Waals surface area contributed by atoms with Crippen molar-refractivity contribution in [3.63, 3.8) is 0 Å². The summed E-state index contributed by atoms with van der Waals surface area (Å²) >= 11 is 1.45. The highest BCUT2D eigenvalue weighted by atomic mass is 32.1. The first-order chi connectivity index (χ1) is 9.15. The minimum Gasteiger partial charge on any atom is -0.478 e. The minimum atomic E-state index is -1.05. The quantitative estimate of drug-likeness (QED) is 0.750. The Hall–Kier alpha value is -2.20. The summed E-state index contributed by atoms with van der Waals surface area (Å²) in [6.07, 6.45) is 0. The van der Waals surface area contributed by atoms with Gasteiger partial charge in [0.05, 0.1) is 5.56 Å². The summed E-state index contributed by atoms with van der Waals surface area (Å²) in [6.45, 7) is 0. The van der Waals surface area contributed by atoms with Crippen LogP contribution < -0.4 is 0 Å². The third-order valence-electron chi connectivity index (χ3n) is 2.90. The Morgan fingerprint density at radius 2 is 1.89 bits per heavy atom. The van der Waals surface area contributed by atoms with Gasteiger partial charge in [0, 0.05) is 15.1 Å². The normalized spacial score (nSPS) is 10.8. The molecule has 0 fully saturated rings. The molecule has 0 saturated carbocycles. The third-order valence-corrected chi connectivity index (χ3v) is 4.05. The van der Waals surface area contributed by atoms with Gasteiger partial charge in [-0.3, -0.25) is 0 Å². The molecule has 19 heavy (non-hydrogen) atoms. The van der Waals surface area contributed by atoms with Gasteiger partial charge in [0.25, 0.3) is 0 Å². The molecule has 1 aromatic heterocycles. The molecule has 0 saturated heterocycles. The van der Waals surface area contributed by atoms with Crippen LogP contribution in [-0.4, -0.2) is 11.1 Å². The van der Waals surface area contributed by atoms with Gasteiger partial charge in [-0.15, -0.1) is 11.3 Å². The Labute approximate surface area is 112 Å². The van der Waals surface area contributed by atoms with Gasteiger partial charge < -0.3 is 5.11 Å². The number of carbonyl (C=O) groups is 1. The Kier molecular flexibility index (Phi) is 2.80. The summed E-state index contributed by atoms with van der Waals surface area (Å²) in [7, 11) is 0. The molecule has 94 valence electrons. The number of halogens is 1. The van der Waals surface area contributed by atoms with Crippen LogP contribution in [0.25, 0.3) is 20.5 Å². The molecule has 0 aliphatic heterocycles. The number of benzene rings is 2. The molecular weight excluding hydrogens is 263 g/mol. The first-order valence-corrected chi connectivity index (χ1v) is 6.48. The van der Waals surface area contributed by atoms with Crippen LogP contribution in [0.1, 0.15) is 10.4 Å². The summed E-state index contributed by atoms with van der Waals surface area (Å²) in [5, 5.41) is 10.00. The van der Waals surface area contributed by atoms with Crippen LogP contribution in [-0.2, 0) is 0 Å². The summed E-state index contributed by atoms with van der Waals surface area (Å²) in [5.41, 5.74) is 0.426. The van der Waals surface area contributed by atoms with Gasteiger partial charge in [-0.1, -0.05) is 18.2 Å². The van der Waals surface area contributed by atoms with Crippen molar-refractivity contribution in [2.75, 3.05) is 0 Å². The molecule has 0 atom stereocenters. The Bertz CT molecular complexity index is 744. The van der Waals surface area contributed by atoms with Crippen LogP contribution in [0.15, 0.2) is 48.5 Å². The van der Waals surface area contributed by atoms with E-state index in [-0.39, 0.29) is 5.56 Å². The van der Waals surface area contributed by atoms with Crippen molar-refractivity contribution in [1.29, 1.82) is 0 Å². The lowest BCUT2D eigenvalue weighted by Gasteiger charge is -2.01. The zero-order chi connectivity index (χ0) is 13.4. The number of aromatic carboxylic acids is 1. The molecule has 1 N–H and O–H groups in total. The lowest BCUT2D eigenvalue weighted by molar-refractivity contribution is 0.0697. The van der Waals surface area contributed by atoms with Gasteiger partial charge in [-0.25, -0.2) is 9.18 Å². The molecule has 2 aromatic carbocycles. The number of carboxylic acids is 1. The monoisotopic (exact) mass is 272 g/mol. The second-order valence-corrected chi connectivity index (χ2v) is 5.23. The predicted molar refractivity (Wildman–Crippen MR) is 74.2 cm³/mol. The number of hydrogen-bond donors (Lipinski definition) is 1. The average Bonchev–Trinajstić information content (AvgIpc) is 2.82. The number of thiophene rings is 1. The molecule has 0 unspecified atom stereocenters. The molecule has 1 heterocycles. The fourth-order valence-corrected chi connectivity index (χ4v) is 3.04. The van der Waals surface area contributed by atoms with Crippen molar-refractivity contribution in [3.8, 4) is 10.4 Å². The summed E-state index contributed by atoms with van der Waals surface area (Å²) in [5.74, 6) is -1.46. The van der Waals surface area contributed by atoms with Gasteiger partial charge in [-0.05, 0) is 35.7 Å².